The first-order chi connectivity index (χ1) is 16.8. The number of methoxy groups -OCH3 is 1. The fourth-order valence-electron chi connectivity index (χ4n) is 4.27. The van der Waals surface area contributed by atoms with Gasteiger partial charge in [0, 0.05) is 13.0 Å². The van der Waals surface area contributed by atoms with Gasteiger partial charge in [-0.2, -0.15) is 0 Å². The maximum Gasteiger partial charge on any atom is 0.305 e. The molecule has 1 heterocycles. The van der Waals surface area contributed by atoms with Crippen LogP contribution in [0, 0.1) is 0 Å². The lowest BCUT2D eigenvalue weighted by Crippen LogP contribution is -2.38. The van der Waals surface area contributed by atoms with Crippen molar-refractivity contribution in [1.82, 2.24) is 15.3 Å². The Bertz CT molecular complexity index is 1120. The Hall–Kier alpha value is -3.40. The number of hydrogen-bond donors (Lipinski definition) is 4. The van der Waals surface area contributed by atoms with Gasteiger partial charge in [0.25, 0.3) is 5.91 Å². The molecule has 0 unspecified atom stereocenters. The molecule has 0 spiro atoms. The van der Waals surface area contributed by atoms with Gasteiger partial charge in [-0.05, 0) is 73.6 Å². The second-order valence-electron chi connectivity index (χ2n) is 8.44. The van der Waals surface area contributed by atoms with Crippen LogP contribution in [0.3, 0.4) is 0 Å². The van der Waals surface area contributed by atoms with E-state index in [1.165, 1.54) is 42.2 Å². The fourth-order valence-corrected chi connectivity index (χ4v) is 4.40. The highest BCUT2D eigenvalue weighted by Gasteiger charge is 2.18. The maximum atomic E-state index is 12.3. The number of guanidine groups is 1. The summed E-state index contributed by atoms with van der Waals surface area (Å²) in [6.07, 6.45) is 8.32. The van der Waals surface area contributed by atoms with Gasteiger partial charge in [0.2, 0.25) is 0 Å². The minimum absolute atomic E-state index is 0.0310. The number of benzene rings is 1. The third-order valence-electron chi connectivity index (χ3n) is 6.05. The number of carbonyl (C=O) groups is 2. The van der Waals surface area contributed by atoms with Crippen LogP contribution < -0.4 is 22.5 Å². The number of rotatable bonds is 9. The molecule has 0 bridgehead atoms. The molecule has 0 aliphatic heterocycles. The van der Waals surface area contributed by atoms with Crippen LogP contribution in [0.1, 0.15) is 64.8 Å². The number of halogens is 1. The van der Waals surface area contributed by atoms with Crippen LogP contribution in [0.15, 0.2) is 17.1 Å². The van der Waals surface area contributed by atoms with Crippen molar-refractivity contribution < 1.29 is 14.3 Å². The molecule has 35 heavy (non-hydrogen) atoms. The van der Waals surface area contributed by atoms with Gasteiger partial charge in [-0.1, -0.05) is 23.7 Å². The zero-order valence-corrected chi connectivity index (χ0v) is 20.7. The number of fused-ring (bicyclic) bond motifs is 1. The van der Waals surface area contributed by atoms with Gasteiger partial charge in [-0.25, -0.2) is 9.97 Å². The predicted molar refractivity (Wildman–Crippen MR) is 136 cm³/mol. The molecule has 1 aromatic heterocycles. The van der Waals surface area contributed by atoms with E-state index in [1.54, 1.807) is 0 Å². The Morgan fingerprint density at radius 2 is 1.71 bits per heavy atom. The Morgan fingerprint density at radius 3 is 2.37 bits per heavy atom. The van der Waals surface area contributed by atoms with E-state index < -0.39 is 5.91 Å². The summed E-state index contributed by atoms with van der Waals surface area (Å²) in [5.74, 6) is -1.06. The van der Waals surface area contributed by atoms with E-state index in [-0.39, 0.29) is 34.4 Å². The van der Waals surface area contributed by atoms with E-state index >= 15 is 0 Å². The van der Waals surface area contributed by atoms with Crippen LogP contribution in [-0.2, 0) is 35.2 Å². The molecular formula is C24H32ClN7O3. The zero-order chi connectivity index (χ0) is 25.4. The summed E-state index contributed by atoms with van der Waals surface area (Å²) in [6, 6.07) is 4.35. The van der Waals surface area contributed by atoms with E-state index in [9.17, 15) is 9.59 Å². The van der Waals surface area contributed by atoms with Crippen LogP contribution in [0.2, 0.25) is 5.15 Å². The number of nitrogens with one attached hydrogen (secondary N) is 1. The lowest BCUT2D eigenvalue weighted by molar-refractivity contribution is -0.140. The van der Waals surface area contributed by atoms with Crippen LogP contribution in [0.4, 0.5) is 11.6 Å². The van der Waals surface area contributed by atoms with E-state index in [4.69, 9.17) is 33.5 Å². The van der Waals surface area contributed by atoms with Crippen LogP contribution in [-0.4, -0.2) is 41.5 Å². The van der Waals surface area contributed by atoms with E-state index in [0.29, 0.717) is 13.0 Å². The van der Waals surface area contributed by atoms with Crippen LogP contribution >= 0.6 is 11.6 Å². The Balaban J connectivity index is 1.52. The van der Waals surface area contributed by atoms with Crippen molar-refractivity contribution in [1.29, 1.82) is 0 Å². The number of unbranched alkanes of at least 4 members (excludes halogenated alkanes) is 1. The molecule has 1 amide bonds. The molecule has 3 rings (SSSR count). The molecular weight excluding hydrogens is 470 g/mol. The first-order valence-electron chi connectivity index (χ1n) is 11.7. The van der Waals surface area contributed by atoms with Gasteiger partial charge in [0.05, 0.1) is 7.11 Å². The largest absolute Gasteiger partial charge is 0.469 e. The molecule has 188 valence electrons. The lowest BCUT2D eigenvalue weighted by atomic mass is 9.83. The van der Waals surface area contributed by atoms with Crippen molar-refractivity contribution >= 4 is 41.1 Å². The Kier molecular flexibility index (Phi) is 9.25. The monoisotopic (exact) mass is 501 g/mol. The summed E-state index contributed by atoms with van der Waals surface area (Å²) in [5, 5.41) is 2.33. The minimum Gasteiger partial charge on any atom is -0.469 e. The lowest BCUT2D eigenvalue weighted by Gasteiger charge is -2.23. The number of ether oxygens (including phenoxy) is 1. The normalized spacial score (nSPS) is 13.3. The number of nitrogens with two attached hydrogens (primary N) is 3. The van der Waals surface area contributed by atoms with E-state index in [0.717, 1.165) is 38.5 Å². The average Bonchev–Trinajstić information content (AvgIpc) is 2.84. The van der Waals surface area contributed by atoms with Crippen molar-refractivity contribution in [2.75, 3.05) is 25.1 Å². The van der Waals surface area contributed by atoms with Crippen molar-refractivity contribution in [3.05, 3.63) is 45.2 Å². The number of aryl methyl sites for hydroxylation is 2. The minimum atomic E-state index is -0.655. The van der Waals surface area contributed by atoms with Crippen molar-refractivity contribution in [3.63, 3.8) is 0 Å². The standard InChI is InChI=1S/C24H32ClN7O3/c1-35-18(33)12-11-15-10-9-14(16-7-2-3-8-17(15)16)6-4-5-13-29-24(28)32-23(34)19-21(26)31-22(27)20(25)30-19/h9-10H,2-8,11-13H2,1H3,(H4,26,27,31)(H3,28,29,32,34). The second-order valence-corrected chi connectivity index (χ2v) is 8.79. The molecule has 1 aliphatic rings. The van der Waals surface area contributed by atoms with Gasteiger partial charge < -0.3 is 21.9 Å². The topological polar surface area (TPSA) is 172 Å². The van der Waals surface area contributed by atoms with Crippen LogP contribution in [0.25, 0.3) is 0 Å². The summed E-state index contributed by atoms with van der Waals surface area (Å²) in [4.78, 5) is 35.7. The molecule has 2 aromatic rings. The van der Waals surface area contributed by atoms with E-state index in [2.05, 4.69) is 32.4 Å². The number of amides is 1. The number of aromatic nitrogens is 2. The highest BCUT2D eigenvalue weighted by atomic mass is 35.5. The molecule has 1 aliphatic carbocycles. The molecule has 7 N–H and O–H groups in total. The number of carbonyl (C=O) groups excluding carboxylic acids is 2. The number of hydrogen-bond acceptors (Lipinski definition) is 8. The van der Waals surface area contributed by atoms with Gasteiger partial charge in [-0.3, -0.25) is 19.9 Å². The van der Waals surface area contributed by atoms with Gasteiger partial charge in [0.1, 0.15) is 0 Å². The first-order valence-corrected chi connectivity index (χ1v) is 12.1. The molecule has 0 saturated carbocycles. The Morgan fingerprint density at radius 1 is 1.06 bits per heavy atom. The molecule has 0 fully saturated rings. The predicted octanol–water partition coefficient (Wildman–Crippen LogP) is 2.35. The number of nitrogen functional groups attached to an aromatic ring is 2. The van der Waals surface area contributed by atoms with Gasteiger partial charge in [0.15, 0.2) is 28.4 Å². The SMILES string of the molecule is COC(=O)CCc1ccc(CCCCN=C(N)NC(=O)c2nc(Cl)c(N)nc2N)c2c1CCCC2. The van der Waals surface area contributed by atoms with Crippen LogP contribution in [0.5, 0.6) is 0 Å². The summed E-state index contributed by atoms with van der Waals surface area (Å²) in [5.41, 5.74) is 22.3. The summed E-state index contributed by atoms with van der Waals surface area (Å²) in [6.45, 7) is 0.467. The summed E-state index contributed by atoms with van der Waals surface area (Å²) in [7, 11) is 1.42. The summed E-state index contributed by atoms with van der Waals surface area (Å²) < 4.78 is 4.79. The molecule has 0 radical (unpaired) electrons. The number of esters is 1. The first kappa shape index (κ1) is 26.2. The third kappa shape index (κ3) is 7.05. The summed E-state index contributed by atoms with van der Waals surface area (Å²) >= 11 is 5.81. The molecule has 10 nitrogen and oxygen atoms in total. The zero-order valence-electron chi connectivity index (χ0n) is 19.9. The molecule has 0 saturated heterocycles. The fraction of sp³-hybridized carbons (Fsp3) is 0.458. The number of aliphatic imine (C=N–C) groups is 1. The second kappa shape index (κ2) is 12.3. The van der Waals surface area contributed by atoms with Gasteiger partial charge in [-0.15, -0.1) is 0 Å². The van der Waals surface area contributed by atoms with E-state index in [1.807, 2.05) is 0 Å². The molecule has 11 heteroatoms. The number of anilines is 2. The van der Waals surface area contributed by atoms with Crippen molar-refractivity contribution in [2.45, 2.75) is 57.8 Å². The van der Waals surface area contributed by atoms with Crippen molar-refractivity contribution in [2.24, 2.45) is 10.7 Å². The highest BCUT2D eigenvalue weighted by molar-refractivity contribution is 6.31. The Labute approximate surface area is 209 Å². The van der Waals surface area contributed by atoms with Gasteiger partial charge >= 0.3 is 5.97 Å². The smallest absolute Gasteiger partial charge is 0.305 e. The molecule has 0 atom stereocenters. The number of nitrogens with zero attached hydrogens (tertiary/aromatic N) is 3. The molecule has 1 aromatic carbocycles. The average molecular weight is 502 g/mol. The van der Waals surface area contributed by atoms with Crippen molar-refractivity contribution in [3.8, 4) is 0 Å². The quantitative estimate of drug-likeness (QED) is 0.175. The highest BCUT2D eigenvalue weighted by Crippen LogP contribution is 2.29. The maximum absolute atomic E-state index is 12.3. The third-order valence-corrected chi connectivity index (χ3v) is 6.33.